The van der Waals surface area contributed by atoms with Gasteiger partial charge >= 0.3 is 0 Å². The Morgan fingerprint density at radius 1 is 1.00 bits per heavy atom. The molecule has 1 saturated heterocycles. The lowest BCUT2D eigenvalue weighted by atomic mass is 10.1. The highest BCUT2D eigenvalue weighted by molar-refractivity contribution is 7.17. The van der Waals surface area contributed by atoms with Gasteiger partial charge in [-0.05, 0) is 36.8 Å². The number of rotatable bonds is 4. The van der Waals surface area contributed by atoms with Gasteiger partial charge in [-0.2, -0.15) is 0 Å². The number of piperazine rings is 1. The van der Waals surface area contributed by atoms with Gasteiger partial charge in [0.05, 0.1) is 12.1 Å². The molecule has 5 nitrogen and oxygen atoms in total. The summed E-state index contributed by atoms with van der Waals surface area (Å²) in [7, 11) is 0. The molecular weight excluding hydrogens is 437 g/mol. The van der Waals surface area contributed by atoms with Crippen LogP contribution in [0.4, 0.5) is 4.39 Å². The third-order valence-electron chi connectivity index (χ3n) is 5.27. The number of carbonyl (C=O) groups excluding carboxylic acids is 2. The van der Waals surface area contributed by atoms with E-state index in [-0.39, 0.29) is 24.1 Å². The Balaban J connectivity index is 1.37. The molecule has 0 saturated carbocycles. The Kier molecular flexibility index (Phi) is 6.34. The smallest absolute Gasteiger partial charge is 0.265 e. The second-order valence-electron chi connectivity index (χ2n) is 7.42. The molecule has 8 heteroatoms. The minimum atomic E-state index is -0.319. The monoisotopic (exact) mass is 457 g/mol. The van der Waals surface area contributed by atoms with Crippen LogP contribution in [0.25, 0.3) is 10.6 Å². The van der Waals surface area contributed by atoms with E-state index in [9.17, 15) is 14.0 Å². The van der Waals surface area contributed by atoms with E-state index in [1.807, 2.05) is 19.1 Å². The summed E-state index contributed by atoms with van der Waals surface area (Å²) in [5.74, 6) is -0.389. The highest BCUT2D eigenvalue weighted by Gasteiger charge is 2.27. The number of aryl methyl sites for hydroxylation is 1. The van der Waals surface area contributed by atoms with Gasteiger partial charge < -0.3 is 9.80 Å². The summed E-state index contributed by atoms with van der Waals surface area (Å²) in [6, 6.07) is 13.3. The lowest BCUT2D eigenvalue weighted by Gasteiger charge is -2.34. The third-order valence-corrected chi connectivity index (χ3v) is 6.72. The zero-order chi connectivity index (χ0) is 22.0. The van der Waals surface area contributed by atoms with Crippen LogP contribution in [0.15, 0.2) is 48.5 Å². The van der Waals surface area contributed by atoms with Gasteiger partial charge in [-0.15, -0.1) is 11.3 Å². The first-order valence-corrected chi connectivity index (χ1v) is 11.1. The molecule has 4 rings (SSSR count). The van der Waals surface area contributed by atoms with Crippen molar-refractivity contribution in [3.8, 4) is 10.6 Å². The summed E-state index contributed by atoms with van der Waals surface area (Å²) in [6.45, 7) is 3.75. The van der Waals surface area contributed by atoms with Gasteiger partial charge in [-0.1, -0.05) is 35.9 Å². The number of amides is 2. The van der Waals surface area contributed by atoms with Gasteiger partial charge in [0.2, 0.25) is 5.91 Å². The van der Waals surface area contributed by atoms with E-state index in [0.29, 0.717) is 41.8 Å². The first kappa shape index (κ1) is 21.5. The van der Waals surface area contributed by atoms with Gasteiger partial charge in [0.25, 0.3) is 5.91 Å². The van der Waals surface area contributed by atoms with Crippen molar-refractivity contribution in [1.82, 2.24) is 14.8 Å². The molecule has 160 valence electrons. The minimum Gasteiger partial charge on any atom is -0.339 e. The highest BCUT2D eigenvalue weighted by Crippen LogP contribution is 2.30. The molecule has 0 spiro atoms. The summed E-state index contributed by atoms with van der Waals surface area (Å²) in [4.78, 5) is 34.3. The van der Waals surface area contributed by atoms with Crippen molar-refractivity contribution in [2.24, 2.45) is 0 Å². The number of benzene rings is 2. The van der Waals surface area contributed by atoms with E-state index < -0.39 is 0 Å². The quantitative estimate of drug-likeness (QED) is 0.582. The highest BCUT2D eigenvalue weighted by atomic mass is 35.5. The maximum atomic E-state index is 13.1. The molecule has 0 aliphatic carbocycles. The van der Waals surface area contributed by atoms with Gasteiger partial charge in [0.1, 0.15) is 15.7 Å². The van der Waals surface area contributed by atoms with Crippen molar-refractivity contribution in [2.75, 3.05) is 26.2 Å². The van der Waals surface area contributed by atoms with E-state index in [1.54, 1.807) is 34.1 Å². The Labute approximate surface area is 189 Å². The Bertz CT molecular complexity index is 1090. The summed E-state index contributed by atoms with van der Waals surface area (Å²) in [6.07, 6.45) is 0.229. The van der Waals surface area contributed by atoms with E-state index >= 15 is 0 Å². The molecule has 2 amide bonds. The topological polar surface area (TPSA) is 53.5 Å². The molecule has 31 heavy (non-hydrogen) atoms. The lowest BCUT2D eigenvalue weighted by molar-refractivity contribution is -0.131. The average Bonchev–Trinajstić information content (AvgIpc) is 3.17. The fourth-order valence-corrected chi connectivity index (χ4v) is 4.67. The number of halogens is 2. The summed E-state index contributed by atoms with van der Waals surface area (Å²) >= 11 is 7.33. The van der Waals surface area contributed by atoms with Gasteiger partial charge in [0.15, 0.2) is 0 Å². The largest absolute Gasteiger partial charge is 0.339 e. The molecule has 0 radical (unpaired) electrons. The number of hydrogen-bond donors (Lipinski definition) is 0. The van der Waals surface area contributed by atoms with Crippen LogP contribution < -0.4 is 0 Å². The summed E-state index contributed by atoms with van der Waals surface area (Å²) in [5.41, 5.74) is 2.41. The molecule has 1 aliphatic heterocycles. The lowest BCUT2D eigenvalue weighted by Crippen LogP contribution is -2.51. The Morgan fingerprint density at radius 3 is 2.26 bits per heavy atom. The predicted molar refractivity (Wildman–Crippen MR) is 120 cm³/mol. The second kappa shape index (κ2) is 9.16. The van der Waals surface area contributed by atoms with Gasteiger partial charge in [-0.3, -0.25) is 9.59 Å². The van der Waals surface area contributed by atoms with Crippen LogP contribution in [0.5, 0.6) is 0 Å². The number of thiazole rings is 1. The van der Waals surface area contributed by atoms with E-state index in [0.717, 1.165) is 16.1 Å². The molecule has 1 aliphatic rings. The van der Waals surface area contributed by atoms with Crippen molar-refractivity contribution in [1.29, 1.82) is 0 Å². The van der Waals surface area contributed by atoms with Gasteiger partial charge in [0, 0.05) is 36.8 Å². The minimum absolute atomic E-state index is 0.0160. The van der Waals surface area contributed by atoms with Crippen LogP contribution >= 0.6 is 22.9 Å². The van der Waals surface area contributed by atoms with Crippen LogP contribution in [-0.2, 0) is 11.2 Å². The van der Waals surface area contributed by atoms with E-state index in [2.05, 4.69) is 4.98 Å². The molecule has 0 N–H and O–H groups in total. The van der Waals surface area contributed by atoms with E-state index in [1.165, 1.54) is 23.5 Å². The Hall–Kier alpha value is -2.77. The van der Waals surface area contributed by atoms with Crippen LogP contribution in [0, 0.1) is 12.7 Å². The fourth-order valence-electron chi connectivity index (χ4n) is 3.50. The number of aromatic nitrogens is 1. The SMILES string of the molecule is Cc1nc(-c2ccc(Cl)cc2)sc1C(=O)N1CCN(C(=O)Cc2ccc(F)cc2)CC1. The summed E-state index contributed by atoms with van der Waals surface area (Å²) < 4.78 is 13.0. The first-order chi connectivity index (χ1) is 14.9. The molecular formula is C23H21ClFN3O2S. The van der Waals surface area contributed by atoms with Crippen LogP contribution in [0.2, 0.25) is 5.02 Å². The zero-order valence-corrected chi connectivity index (χ0v) is 18.5. The maximum absolute atomic E-state index is 13.1. The van der Waals surface area contributed by atoms with Crippen molar-refractivity contribution in [3.63, 3.8) is 0 Å². The van der Waals surface area contributed by atoms with Crippen molar-refractivity contribution < 1.29 is 14.0 Å². The first-order valence-electron chi connectivity index (χ1n) is 9.95. The Morgan fingerprint density at radius 2 is 1.61 bits per heavy atom. The summed E-state index contributed by atoms with van der Waals surface area (Å²) in [5, 5.41) is 1.44. The molecule has 1 fully saturated rings. The predicted octanol–water partition coefficient (Wildman–Crippen LogP) is 4.44. The zero-order valence-electron chi connectivity index (χ0n) is 17.0. The third kappa shape index (κ3) is 4.94. The van der Waals surface area contributed by atoms with Crippen LogP contribution in [-0.4, -0.2) is 52.8 Å². The second-order valence-corrected chi connectivity index (χ2v) is 8.85. The van der Waals surface area contributed by atoms with E-state index in [4.69, 9.17) is 11.6 Å². The normalized spacial score (nSPS) is 14.0. The van der Waals surface area contributed by atoms with Gasteiger partial charge in [-0.25, -0.2) is 9.37 Å². The van der Waals surface area contributed by atoms with Crippen LogP contribution in [0.1, 0.15) is 20.9 Å². The van der Waals surface area contributed by atoms with Crippen LogP contribution in [0.3, 0.4) is 0 Å². The number of hydrogen-bond acceptors (Lipinski definition) is 4. The molecule has 0 atom stereocenters. The number of carbonyl (C=O) groups is 2. The number of nitrogens with zero attached hydrogens (tertiary/aromatic N) is 3. The van der Waals surface area contributed by atoms with Crippen molar-refractivity contribution >= 4 is 34.8 Å². The molecule has 0 bridgehead atoms. The average molecular weight is 458 g/mol. The van der Waals surface area contributed by atoms with Crippen molar-refractivity contribution in [2.45, 2.75) is 13.3 Å². The molecule has 2 aromatic carbocycles. The molecule has 1 aromatic heterocycles. The maximum Gasteiger partial charge on any atom is 0.265 e. The fraction of sp³-hybridized carbons (Fsp3) is 0.261. The standard InChI is InChI=1S/C23H21ClFN3O2S/c1-15-21(31-22(26-15)17-4-6-18(24)7-5-17)23(30)28-12-10-27(11-13-28)20(29)14-16-2-8-19(25)9-3-16/h2-9H,10-14H2,1H3. The molecule has 0 unspecified atom stereocenters. The van der Waals surface area contributed by atoms with Crippen molar-refractivity contribution in [3.05, 3.63) is 75.5 Å². The molecule has 3 aromatic rings. The molecule has 2 heterocycles.